The lowest BCUT2D eigenvalue weighted by Gasteiger charge is -2.34. The van der Waals surface area contributed by atoms with Gasteiger partial charge in [-0.05, 0) is 58.3 Å². The van der Waals surface area contributed by atoms with Gasteiger partial charge >= 0.3 is 5.97 Å². The molecule has 3 fully saturated rings. The molecule has 0 spiro atoms. The van der Waals surface area contributed by atoms with Crippen LogP contribution in [-0.2, 0) is 9.53 Å². The number of ether oxygens (including phenoxy) is 1. The van der Waals surface area contributed by atoms with Crippen molar-refractivity contribution in [1.82, 2.24) is 15.1 Å². The summed E-state index contributed by atoms with van der Waals surface area (Å²) in [5, 5.41) is 3.42. The molecule has 27 heavy (non-hydrogen) atoms. The van der Waals surface area contributed by atoms with Crippen LogP contribution in [0.2, 0.25) is 0 Å². The smallest absolute Gasteiger partial charge is 0.310 e. The number of likely N-dealkylation sites (tertiary alicyclic amines) is 1. The van der Waals surface area contributed by atoms with Crippen LogP contribution in [0.5, 0.6) is 0 Å². The molecule has 6 nitrogen and oxygen atoms in total. The fourth-order valence-electron chi connectivity index (χ4n) is 3.83. The summed E-state index contributed by atoms with van der Waals surface area (Å²) in [5.41, 5.74) is 0. The molecule has 2 saturated carbocycles. The predicted octanol–water partition coefficient (Wildman–Crippen LogP) is 2.72. The number of aliphatic imine (C=N–C) groups is 1. The number of carbonyl (C=O) groups is 1. The van der Waals surface area contributed by atoms with E-state index in [0.29, 0.717) is 6.61 Å². The molecule has 1 N–H and O–H groups in total. The first kappa shape index (κ1) is 22.7. The number of guanidine groups is 1. The van der Waals surface area contributed by atoms with E-state index in [4.69, 9.17) is 9.73 Å². The molecule has 0 aromatic heterocycles. The standard InChI is InChI=1S/C20H36N4O2.HI/c1-3-21-20(24-12-5-6-17(15-24)19(25)26-4-2)22-11-13-23(18-9-10-18)14-16-7-8-16;/h16-18H,3-15H2,1-2H3,(H,21,22);1H. The maximum atomic E-state index is 12.1. The van der Waals surface area contributed by atoms with E-state index in [0.717, 1.165) is 63.5 Å². The second-order valence-corrected chi connectivity index (χ2v) is 7.94. The summed E-state index contributed by atoms with van der Waals surface area (Å²) < 4.78 is 5.23. The second-order valence-electron chi connectivity index (χ2n) is 7.94. The van der Waals surface area contributed by atoms with Gasteiger partial charge in [0.1, 0.15) is 0 Å². The Kier molecular flexibility index (Phi) is 9.62. The monoisotopic (exact) mass is 492 g/mol. The summed E-state index contributed by atoms with van der Waals surface area (Å²) in [5.74, 6) is 1.83. The Morgan fingerprint density at radius 3 is 2.63 bits per heavy atom. The van der Waals surface area contributed by atoms with E-state index in [9.17, 15) is 4.79 Å². The molecular formula is C20H37IN4O2. The van der Waals surface area contributed by atoms with Crippen LogP contribution in [0, 0.1) is 11.8 Å². The van der Waals surface area contributed by atoms with Crippen molar-refractivity contribution in [3.8, 4) is 0 Å². The zero-order valence-electron chi connectivity index (χ0n) is 17.0. The van der Waals surface area contributed by atoms with E-state index in [1.165, 1.54) is 32.2 Å². The van der Waals surface area contributed by atoms with Gasteiger partial charge in [0, 0.05) is 38.8 Å². The van der Waals surface area contributed by atoms with Crippen LogP contribution in [-0.4, -0.2) is 73.6 Å². The van der Waals surface area contributed by atoms with Crippen LogP contribution in [0.15, 0.2) is 4.99 Å². The first-order valence-corrected chi connectivity index (χ1v) is 10.6. The summed E-state index contributed by atoms with van der Waals surface area (Å²) in [6.07, 6.45) is 7.50. The van der Waals surface area contributed by atoms with Crippen LogP contribution >= 0.6 is 24.0 Å². The summed E-state index contributed by atoms with van der Waals surface area (Å²) in [7, 11) is 0. The second kappa shape index (κ2) is 11.4. The molecule has 0 aromatic rings. The number of piperidine rings is 1. The Morgan fingerprint density at radius 1 is 1.22 bits per heavy atom. The Balaban J connectivity index is 0.00000261. The zero-order valence-corrected chi connectivity index (χ0v) is 19.3. The van der Waals surface area contributed by atoms with Gasteiger partial charge in [-0.2, -0.15) is 0 Å². The van der Waals surface area contributed by atoms with Crippen molar-refractivity contribution in [3.05, 3.63) is 0 Å². The number of carbonyl (C=O) groups excluding carboxylic acids is 1. The Hall–Kier alpha value is -0.570. The molecule has 0 bridgehead atoms. The lowest BCUT2D eigenvalue weighted by atomic mass is 9.98. The molecule has 0 amide bonds. The average molecular weight is 492 g/mol. The number of esters is 1. The summed E-state index contributed by atoms with van der Waals surface area (Å²) in [6, 6.07) is 0.816. The number of hydrogen-bond donors (Lipinski definition) is 1. The molecule has 1 unspecified atom stereocenters. The Labute approximate surface area is 181 Å². The quantitative estimate of drug-likeness (QED) is 0.232. The van der Waals surface area contributed by atoms with Crippen molar-refractivity contribution in [2.75, 3.05) is 45.9 Å². The van der Waals surface area contributed by atoms with Crippen LogP contribution in [0.1, 0.15) is 52.4 Å². The highest BCUT2D eigenvalue weighted by molar-refractivity contribution is 14.0. The van der Waals surface area contributed by atoms with E-state index < -0.39 is 0 Å². The van der Waals surface area contributed by atoms with Gasteiger partial charge in [-0.1, -0.05) is 0 Å². The number of hydrogen-bond acceptors (Lipinski definition) is 4. The average Bonchev–Trinajstić information content (AvgIpc) is 3.54. The molecular weight excluding hydrogens is 455 g/mol. The lowest BCUT2D eigenvalue weighted by Crippen LogP contribution is -2.48. The highest BCUT2D eigenvalue weighted by Crippen LogP contribution is 2.34. The fraction of sp³-hybridized carbons (Fsp3) is 0.900. The topological polar surface area (TPSA) is 57.2 Å². The van der Waals surface area contributed by atoms with Crippen molar-refractivity contribution in [2.24, 2.45) is 16.8 Å². The lowest BCUT2D eigenvalue weighted by molar-refractivity contribution is -0.149. The van der Waals surface area contributed by atoms with Gasteiger partial charge in [0.15, 0.2) is 5.96 Å². The van der Waals surface area contributed by atoms with E-state index in [2.05, 4.69) is 22.0 Å². The normalized spacial score (nSPS) is 23.1. The highest BCUT2D eigenvalue weighted by atomic mass is 127. The van der Waals surface area contributed by atoms with Crippen molar-refractivity contribution >= 4 is 35.9 Å². The first-order valence-electron chi connectivity index (χ1n) is 10.6. The van der Waals surface area contributed by atoms with Gasteiger partial charge in [-0.15, -0.1) is 24.0 Å². The maximum Gasteiger partial charge on any atom is 0.310 e. The van der Waals surface area contributed by atoms with E-state index in [1.54, 1.807) is 0 Å². The fourth-order valence-corrected chi connectivity index (χ4v) is 3.83. The summed E-state index contributed by atoms with van der Waals surface area (Å²) in [4.78, 5) is 21.9. The summed E-state index contributed by atoms with van der Waals surface area (Å²) in [6.45, 7) is 10.1. The van der Waals surface area contributed by atoms with Crippen molar-refractivity contribution < 1.29 is 9.53 Å². The Bertz CT molecular complexity index is 494. The highest BCUT2D eigenvalue weighted by Gasteiger charge is 2.33. The molecule has 0 aromatic carbocycles. The largest absolute Gasteiger partial charge is 0.466 e. The molecule has 1 aliphatic heterocycles. The van der Waals surface area contributed by atoms with Gasteiger partial charge < -0.3 is 15.0 Å². The zero-order chi connectivity index (χ0) is 18.4. The minimum absolute atomic E-state index is 0. The van der Waals surface area contributed by atoms with Gasteiger partial charge in [-0.25, -0.2) is 0 Å². The SMILES string of the molecule is CCNC(=NCCN(CC1CC1)C1CC1)N1CCCC(C(=O)OCC)C1.I. The number of halogens is 1. The Morgan fingerprint density at radius 2 is 2.00 bits per heavy atom. The minimum Gasteiger partial charge on any atom is -0.466 e. The molecule has 0 radical (unpaired) electrons. The molecule has 7 heteroatoms. The molecule has 3 aliphatic rings. The number of nitrogens with zero attached hydrogens (tertiary/aromatic N) is 3. The third kappa shape index (κ3) is 7.40. The maximum absolute atomic E-state index is 12.1. The molecule has 1 atom stereocenters. The number of rotatable bonds is 9. The van der Waals surface area contributed by atoms with Crippen molar-refractivity contribution in [3.63, 3.8) is 0 Å². The van der Waals surface area contributed by atoms with Crippen molar-refractivity contribution in [1.29, 1.82) is 0 Å². The molecule has 2 aliphatic carbocycles. The van der Waals surface area contributed by atoms with Gasteiger partial charge in [-0.3, -0.25) is 14.7 Å². The number of nitrogens with one attached hydrogen (secondary N) is 1. The van der Waals surface area contributed by atoms with E-state index in [1.807, 2.05) is 6.92 Å². The van der Waals surface area contributed by atoms with Crippen LogP contribution in [0.3, 0.4) is 0 Å². The molecule has 156 valence electrons. The minimum atomic E-state index is -0.0580. The van der Waals surface area contributed by atoms with Gasteiger partial charge in [0.05, 0.1) is 19.1 Å². The van der Waals surface area contributed by atoms with Crippen LogP contribution in [0.25, 0.3) is 0 Å². The first-order chi connectivity index (χ1) is 12.7. The van der Waals surface area contributed by atoms with Crippen LogP contribution in [0.4, 0.5) is 0 Å². The molecule has 1 heterocycles. The third-order valence-corrected chi connectivity index (χ3v) is 5.58. The molecule has 1 saturated heterocycles. The van der Waals surface area contributed by atoms with Crippen LogP contribution < -0.4 is 5.32 Å². The van der Waals surface area contributed by atoms with E-state index in [-0.39, 0.29) is 35.9 Å². The predicted molar refractivity (Wildman–Crippen MR) is 120 cm³/mol. The van der Waals surface area contributed by atoms with Crippen molar-refractivity contribution in [2.45, 2.75) is 58.4 Å². The molecule has 3 rings (SSSR count). The van der Waals surface area contributed by atoms with E-state index >= 15 is 0 Å². The van der Waals surface area contributed by atoms with Gasteiger partial charge in [0.2, 0.25) is 0 Å². The summed E-state index contributed by atoms with van der Waals surface area (Å²) >= 11 is 0. The van der Waals surface area contributed by atoms with Gasteiger partial charge in [0.25, 0.3) is 0 Å². The third-order valence-electron chi connectivity index (χ3n) is 5.58.